The Labute approximate surface area is 68.7 Å². The molecule has 0 aliphatic rings. The van der Waals surface area contributed by atoms with Gasteiger partial charge in [-0.15, -0.1) is 0 Å². The molecule has 0 aliphatic carbocycles. The number of aryl methyl sites for hydroxylation is 1. The van der Waals surface area contributed by atoms with Crippen LogP contribution in [0.3, 0.4) is 0 Å². The molecular weight excluding hydrogens is 144 g/mol. The first-order valence-corrected chi connectivity index (χ1v) is 4.15. The summed E-state index contributed by atoms with van der Waals surface area (Å²) in [5.74, 6) is 0. The summed E-state index contributed by atoms with van der Waals surface area (Å²) in [6.07, 6.45) is 7.08. The maximum absolute atomic E-state index is 3.78. The second-order valence-electron chi connectivity index (χ2n) is 1.23. The van der Waals surface area contributed by atoms with Crippen molar-refractivity contribution < 1.29 is 0 Å². The van der Waals surface area contributed by atoms with Crippen molar-refractivity contribution in [3.8, 4) is 0 Å². The molecule has 10 heavy (non-hydrogen) atoms. The van der Waals surface area contributed by atoms with Crippen LogP contribution in [-0.2, 0) is 7.05 Å². The fourth-order valence-corrected chi connectivity index (χ4v) is 0.326. The van der Waals surface area contributed by atoms with Crippen molar-refractivity contribution in [1.82, 2.24) is 9.55 Å². The third-order valence-corrected chi connectivity index (χ3v) is 0.637. The standard InChI is InChI=1S/C4H6N2.C2H6.CH4S/c1-6-3-2-5-4-6;2*1-2/h2-4H,1H3;1-2H3;2H,1H3. The van der Waals surface area contributed by atoms with Crippen LogP contribution in [0.1, 0.15) is 13.8 Å². The molecule has 0 bridgehead atoms. The minimum Gasteiger partial charge on any atom is -0.341 e. The van der Waals surface area contributed by atoms with Crippen molar-refractivity contribution in [2.24, 2.45) is 7.05 Å². The lowest BCUT2D eigenvalue weighted by atomic mass is 10.9. The van der Waals surface area contributed by atoms with Gasteiger partial charge < -0.3 is 4.57 Å². The lowest BCUT2D eigenvalue weighted by Gasteiger charge is -1.76. The summed E-state index contributed by atoms with van der Waals surface area (Å²) in [5.41, 5.74) is 0. The second-order valence-corrected chi connectivity index (χ2v) is 1.23. The quantitative estimate of drug-likeness (QED) is 0.575. The van der Waals surface area contributed by atoms with E-state index < -0.39 is 0 Å². The van der Waals surface area contributed by atoms with E-state index in [1.165, 1.54) is 0 Å². The van der Waals surface area contributed by atoms with Crippen molar-refractivity contribution in [3.63, 3.8) is 0 Å². The predicted molar refractivity (Wildman–Crippen MR) is 49.5 cm³/mol. The summed E-state index contributed by atoms with van der Waals surface area (Å²) in [6.45, 7) is 4.00. The first-order valence-electron chi connectivity index (χ1n) is 3.26. The van der Waals surface area contributed by atoms with Gasteiger partial charge in [0.05, 0.1) is 6.33 Å². The van der Waals surface area contributed by atoms with Crippen molar-refractivity contribution in [2.75, 3.05) is 6.26 Å². The Morgan fingerprint density at radius 3 is 1.90 bits per heavy atom. The predicted octanol–water partition coefficient (Wildman–Crippen LogP) is 1.99. The van der Waals surface area contributed by atoms with Crippen molar-refractivity contribution >= 4 is 12.6 Å². The summed E-state index contributed by atoms with van der Waals surface area (Å²) in [6, 6.07) is 0. The first kappa shape index (κ1) is 12.3. The summed E-state index contributed by atoms with van der Waals surface area (Å²) in [7, 11) is 1.94. The molecule has 0 fully saturated rings. The summed E-state index contributed by atoms with van der Waals surface area (Å²) in [4.78, 5) is 3.78. The zero-order valence-electron chi connectivity index (χ0n) is 7.07. The van der Waals surface area contributed by atoms with Gasteiger partial charge >= 0.3 is 0 Å². The van der Waals surface area contributed by atoms with Gasteiger partial charge in [-0.2, -0.15) is 12.6 Å². The van der Waals surface area contributed by atoms with Crippen LogP contribution in [0.4, 0.5) is 0 Å². The van der Waals surface area contributed by atoms with Gasteiger partial charge in [0.1, 0.15) is 0 Å². The van der Waals surface area contributed by atoms with Crippen molar-refractivity contribution in [3.05, 3.63) is 18.7 Å². The molecule has 0 N–H and O–H groups in total. The topological polar surface area (TPSA) is 17.8 Å². The molecule has 0 radical (unpaired) electrons. The minimum atomic E-state index is 1.69. The Morgan fingerprint density at radius 2 is 1.80 bits per heavy atom. The Kier molecular flexibility index (Phi) is 13.9. The zero-order chi connectivity index (χ0) is 8.41. The fourth-order valence-electron chi connectivity index (χ4n) is 0.326. The van der Waals surface area contributed by atoms with Crippen LogP contribution < -0.4 is 0 Å². The monoisotopic (exact) mass is 160 g/mol. The molecule has 0 saturated carbocycles. The van der Waals surface area contributed by atoms with Gasteiger partial charge in [0.2, 0.25) is 0 Å². The van der Waals surface area contributed by atoms with Crippen LogP contribution in [0, 0.1) is 0 Å². The lowest BCUT2D eigenvalue weighted by molar-refractivity contribution is 0.913. The number of thiol groups is 1. The molecule has 2 nitrogen and oxygen atoms in total. The van der Waals surface area contributed by atoms with Crippen molar-refractivity contribution in [1.29, 1.82) is 0 Å². The Hall–Kier alpha value is -0.440. The highest BCUT2D eigenvalue weighted by atomic mass is 32.1. The smallest absolute Gasteiger partial charge is 0.0943 e. The number of imidazole rings is 1. The Morgan fingerprint density at radius 1 is 1.30 bits per heavy atom. The molecule has 3 heteroatoms. The molecule has 1 heterocycles. The maximum atomic E-state index is 3.78. The third-order valence-electron chi connectivity index (χ3n) is 0.637. The largest absolute Gasteiger partial charge is 0.341 e. The van der Waals surface area contributed by atoms with Crippen LogP contribution >= 0.6 is 12.6 Å². The van der Waals surface area contributed by atoms with Crippen LogP contribution in [0.15, 0.2) is 18.7 Å². The van der Waals surface area contributed by atoms with E-state index in [0.29, 0.717) is 0 Å². The zero-order valence-corrected chi connectivity index (χ0v) is 7.97. The van der Waals surface area contributed by atoms with Gasteiger partial charge in [0.25, 0.3) is 0 Å². The van der Waals surface area contributed by atoms with Gasteiger partial charge in [-0.05, 0) is 6.26 Å². The number of rotatable bonds is 0. The van der Waals surface area contributed by atoms with E-state index in [4.69, 9.17) is 0 Å². The SMILES string of the molecule is CC.CS.Cn1ccnc1. The van der Waals surface area contributed by atoms with E-state index in [9.17, 15) is 0 Å². The Balaban J connectivity index is 0. The molecule has 1 aromatic heterocycles. The maximum Gasteiger partial charge on any atom is 0.0943 e. The molecule has 1 rings (SSSR count). The van der Waals surface area contributed by atoms with Crippen LogP contribution in [-0.4, -0.2) is 15.8 Å². The fraction of sp³-hybridized carbons (Fsp3) is 0.571. The van der Waals surface area contributed by atoms with Gasteiger partial charge in [-0.1, -0.05) is 13.8 Å². The highest BCUT2D eigenvalue weighted by Crippen LogP contribution is 1.73. The number of hydrogen-bond donors (Lipinski definition) is 1. The molecule has 0 atom stereocenters. The van der Waals surface area contributed by atoms with E-state index in [2.05, 4.69) is 17.6 Å². The first-order chi connectivity index (χ1) is 4.89. The normalized spacial score (nSPS) is 6.50. The summed E-state index contributed by atoms with van der Waals surface area (Å²) >= 11 is 3.53. The molecule has 60 valence electrons. The highest BCUT2D eigenvalue weighted by molar-refractivity contribution is 7.79. The molecule has 0 unspecified atom stereocenters. The summed E-state index contributed by atoms with van der Waals surface area (Å²) < 4.78 is 1.89. The number of nitrogens with zero attached hydrogens (tertiary/aromatic N) is 2. The molecule has 0 amide bonds. The van der Waals surface area contributed by atoms with Crippen LogP contribution in [0.25, 0.3) is 0 Å². The molecule has 0 aliphatic heterocycles. The van der Waals surface area contributed by atoms with E-state index >= 15 is 0 Å². The highest BCUT2D eigenvalue weighted by Gasteiger charge is 1.69. The van der Waals surface area contributed by atoms with Crippen LogP contribution in [0.5, 0.6) is 0 Å². The number of aromatic nitrogens is 2. The molecular formula is C7H16N2S. The average Bonchev–Trinajstić information content (AvgIpc) is 2.48. The number of hydrogen-bond acceptors (Lipinski definition) is 2. The second kappa shape index (κ2) is 11.4. The molecule has 0 spiro atoms. The summed E-state index contributed by atoms with van der Waals surface area (Å²) in [5, 5.41) is 0. The van der Waals surface area contributed by atoms with E-state index in [0.717, 1.165) is 0 Å². The van der Waals surface area contributed by atoms with Gasteiger partial charge in [0.15, 0.2) is 0 Å². The van der Waals surface area contributed by atoms with E-state index in [-0.39, 0.29) is 0 Å². The Bertz CT molecular complexity index is 115. The lowest BCUT2D eigenvalue weighted by Crippen LogP contribution is -1.76. The van der Waals surface area contributed by atoms with E-state index in [1.54, 1.807) is 18.8 Å². The van der Waals surface area contributed by atoms with Gasteiger partial charge in [-0.25, -0.2) is 4.98 Å². The molecule has 0 saturated heterocycles. The molecule has 1 aromatic rings. The van der Waals surface area contributed by atoms with Crippen LogP contribution in [0.2, 0.25) is 0 Å². The minimum absolute atomic E-state index is 1.69. The van der Waals surface area contributed by atoms with Gasteiger partial charge in [0, 0.05) is 19.4 Å². The van der Waals surface area contributed by atoms with Gasteiger partial charge in [-0.3, -0.25) is 0 Å². The van der Waals surface area contributed by atoms with Crippen molar-refractivity contribution in [2.45, 2.75) is 13.8 Å². The molecule has 0 aromatic carbocycles. The third kappa shape index (κ3) is 7.56. The average molecular weight is 160 g/mol. The van der Waals surface area contributed by atoms with E-state index in [1.807, 2.05) is 31.7 Å².